The first kappa shape index (κ1) is 41.1. The molecule has 7 aromatic carbocycles. The van der Waals surface area contributed by atoms with Crippen molar-refractivity contribution in [2.24, 2.45) is 0 Å². The molecular formula is C57H45N2OPt-. The van der Waals surface area contributed by atoms with Gasteiger partial charge in [-0.25, -0.2) is 0 Å². The molecule has 0 atom stereocenters. The van der Waals surface area contributed by atoms with Crippen LogP contribution in [0, 0.1) is 6.07 Å². The Morgan fingerprint density at radius 1 is 0.443 bits per heavy atom. The minimum absolute atomic E-state index is 0. The summed E-state index contributed by atoms with van der Waals surface area (Å²) in [4.78, 5) is 10.3. The predicted octanol–water partition coefficient (Wildman–Crippen LogP) is 14.5. The van der Waals surface area contributed by atoms with E-state index < -0.39 is 0 Å². The molecule has 0 aliphatic heterocycles. The molecule has 0 aliphatic carbocycles. The molecule has 0 bridgehead atoms. The molecule has 300 valence electrons. The molecule has 0 radical (unpaired) electrons. The van der Waals surface area contributed by atoms with Crippen LogP contribution in [0.3, 0.4) is 0 Å². The van der Waals surface area contributed by atoms with Crippen molar-refractivity contribution < 1.29 is 26.2 Å². The van der Waals surface area contributed by atoms with Gasteiger partial charge in [-0.05, 0) is 85.7 Å². The average molecular weight is 969 g/mol. The van der Waals surface area contributed by atoms with Gasteiger partial charge in [0, 0.05) is 44.2 Å². The van der Waals surface area contributed by atoms with E-state index in [0.29, 0.717) is 11.3 Å². The molecule has 0 aliphatic rings. The summed E-state index contributed by atoms with van der Waals surface area (Å²) < 4.78 is 0. The summed E-state index contributed by atoms with van der Waals surface area (Å²) in [6.45, 7) is 6.36. The van der Waals surface area contributed by atoms with Crippen LogP contribution in [-0.2, 0) is 32.9 Å². The van der Waals surface area contributed by atoms with Crippen molar-refractivity contribution >= 4 is 0 Å². The summed E-state index contributed by atoms with van der Waals surface area (Å²) in [5.41, 5.74) is 16.4. The summed E-state index contributed by atoms with van der Waals surface area (Å²) in [7, 11) is 0. The van der Waals surface area contributed by atoms with Gasteiger partial charge in [0.2, 0.25) is 0 Å². The van der Waals surface area contributed by atoms with Crippen LogP contribution < -0.4 is 0 Å². The van der Waals surface area contributed by atoms with Gasteiger partial charge >= 0.3 is 0 Å². The Kier molecular flexibility index (Phi) is 12.1. The molecule has 3 nitrogen and oxygen atoms in total. The second-order valence-electron chi connectivity index (χ2n) is 16.3. The number of aromatic hydroxyl groups is 1. The first-order valence-corrected chi connectivity index (χ1v) is 20.5. The molecule has 61 heavy (non-hydrogen) atoms. The maximum atomic E-state index is 11.9. The van der Waals surface area contributed by atoms with Gasteiger partial charge in [0.15, 0.2) is 0 Å². The number of benzene rings is 7. The first-order chi connectivity index (χ1) is 29.3. The summed E-state index contributed by atoms with van der Waals surface area (Å²) >= 11 is 0. The standard InChI is InChI=1S/C57H45N2O.Pt/c1-57(2,3)52-25-15-24-51(56(52)60)55-38-46(50-23-14-13-22-49(50)43-20-11-6-12-21-43)37-54(59-55)48-34-45(42-28-26-40(27-29-42)32-39-16-7-4-8-17-39)33-47(35-48)53-36-44(30-31-58-53)41-18-9-5-10-19-41;/h4-31,33-34,36-38,60H,32H2,1-3H3;/q-1;. The van der Waals surface area contributed by atoms with E-state index >= 15 is 0 Å². The maximum Gasteiger partial charge on any atom is 0.128 e. The van der Waals surface area contributed by atoms with Crippen molar-refractivity contribution in [2.75, 3.05) is 0 Å². The van der Waals surface area contributed by atoms with Crippen LogP contribution in [0.15, 0.2) is 200 Å². The molecule has 0 unspecified atom stereocenters. The summed E-state index contributed by atoms with van der Waals surface area (Å²) in [5.74, 6) is 0.243. The number of phenolic OH excluding ortho intramolecular Hbond substituents is 1. The van der Waals surface area contributed by atoms with Crippen LogP contribution in [0.1, 0.15) is 37.5 Å². The summed E-state index contributed by atoms with van der Waals surface area (Å²) in [6, 6.07) is 71.3. The fourth-order valence-corrected chi connectivity index (χ4v) is 7.97. The van der Waals surface area contributed by atoms with E-state index in [4.69, 9.17) is 9.97 Å². The topological polar surface area (TPSA) is 46.0 Å². The van der Waals surface area contributed by atoms with E-state index in [1.165, 1.54) is 11.1 Å². The van der Waals surface area contributed by atoms with E-state index in [-0.39, 0.29) is 32.2 Å². The molecule has 2 aromatic heterocycles. The Hall–Kier alpha value is -6.67. The zero-order valence-electron chi connectivity index (χ0n) is 34.4. The van der Waals surface area contributed by atoms with E-state index in [2.05, 4.69) is 191 Å². The maximum absolute atomic E-state index is 11.9. The van der Waals surface area contributed by atoms with E-state index in [1.807, 2.05) is 36.5 Å². The Balaban J connectivity index is 0.00000514. The Bertz CT molecular complexity index is 2920. The molecule has 0 saturated carbocycles. The minimum atomic E-state index is -0.268. The normalized spacial score (nSPS) is 11.2. The van der Waals surface area contributed by atoms with Crippen molar-refractivity contribution in [1.29, 1.82) is 0 Å². The number of hydrogen-bond donors (Lipinski definition) is 1. The fourth-order valence-electron chi connectivity index (χ4n) is 7.97. The molecular weight excluding hydrogens is 924 g/mol. The molecule has 2 heterocycles. The number of pyridine rings is 2. The molecule has 9 aromatic rings. The van der Waals surface area contributed by atoms with Gasteiger partial charge in [0.25, 0.3) is 0 Å². The van der Waals surface area contributed by atoms with Crippen molar-refractivity contribution in [2.45, 2.75) is 32.6 Å². The molecule has 0 fully saturated rings. The Labute approximate surface area is 373 Å². The smallest absolute Gasteiger partial charge is 0.128 e. The van der Waals surface area contributed by atoms with Crippen LogP contribution in [0.4, 0.5) is 0 Å². The van der Waals surface area contributed by atoms with E-state index in [1.54, 1.807) is 0 Å². The number of para-hydroxylation sites is 1. The zero-order valence-corrected chi connectivity index (χ0v) is 36.7. The minimum Gasteiger partial charge on any atom is -0.507 e. The van der Waals surface area contributed by atoms with Gasteiger partial charge in [0.05, 0.1) is 5.69 Å². The molecule has 0 saturated heterocycles. The van der Waals surface area contributed by atoms with Crippen LogP contribution >= 0.6 is 0 Å². The summed E-state index contributed by atoms with van der Waals surface area (Å²) in [5, 5.41) is 11.9. The largest absolute Gasteiger partial charge is 0.507 e. The Morgan fingerprint density at radius 3 is 1.64 bits per heavy atom. The Morgan fingerprint density at radius 2 is 0.967 bits per heavy atom. The van der Waals surface area contributed by atoms with Crippen molar-refractivity contribution in [3.8, 4) is 84.0 Å². The van der Waals surface area contributed by atoms with Gasteiger partial charge < -0.3 is 5.11 Å². The third-order valence-corrected chi connectivity index (χ3v) is 11.1. The monoisotopic (exact) mass is 968 g/mol. The zero-order chi connectivity index (χ0) is 41.1. The van der Waals surface area contributed by atoms with Crippen LogP contribution in [-0.4, -0.2) is 15.1 Å². The fraction of sp³-hybridized carbons (Fsp3) is 0.0877. The second kappa shape index (κ2) is 17.9. The third-order valence-electron chi connectivity index (χ3n) is 11.1. The van der Waals surface area contributed by atoms with Gasteiger partial charge in [-0.2, -0.15) is 0 Å². The molecule has 0 amide bonds. The number of hydrogen-bond acceptors (Lipinski definition) is 3. The third kappa shape index (κ3) is 9.09. The summed E-state index contributed by atoms with van der Waals surface area (Å²) in [6.07, 6.45) is 2.74. The average Bonchev–Trinajstić information content (AvgIpc) is 3.29. The van der Waals surface area contributed by atoms with E-state index in [9.17, 15) is 5.11 Å². The van der Waals surface area contributed by atoms with Gasteiger partial charge in [-0.3, -0.25) is 9.97 Å². The first-order valence-electron chi connectivity index (χ1n) is 20.5. The number of aromatic nitrogens is 2. The van der Waals surface area contributed by atoms with Crippen LogP contribution in [0.2, 0.25) is 0 Å². The van der Waals surface area contributed by atoms with Crippen molar-refractivity contribution in [1.82, 2.24) is 9.97 Å². The SMILES string of the molecule is CC(C)(C)c1cccc(-c2cc(-c3ccccc3-c3ccccc3)cc(-c3[c-]c(-c4cc(-c5ccccc5)ccn4)cc(-c4ccc(Cc5ccccc5)cc4)c3)n2)c1O.[Pt]. The van der Waals surface area contributed by atoms with Gasteiger partial charge in [-0.15, -0.1) is 18.2 Å². The van der Waals surface area contributed by atoms with Crippen LogP contribution in [0.5, 0.6) is 5.75 Å². The van der Waals surface area contributed by atoms with Crippen LogP contribution in [0.25, 0.3) is 78.3 Å². The molecule has 0 spiro atoms. The van der Waals surface area contributed by atoms with E-state index in [0.717, 1.165) is 79.0 Å². The van der Waals surface area contributed by atoms with Crippen molar-refractivity contribution in [3.63, 3.8) is 0 Å². The number of rotatable bonds is 9. The molecule has 1 N–H and O–H groups in total. The predicted molar refractivity (Wildman–Crippen MR) is 249 cm³/mol. The second-order valence-corrected chi connectivity index (χ2v) is 16.3. The molecule has 9 rings (SSSR count). The van der Waals surface area contributed by atoms with Gasteiger partial charge in [0.1, 0.15) is 5.75 Å². The number of phenols is 1. The molecule has 4 heteroatoms. The number of nitrogens with zero attached hydrogens (tertiary/aromatic N) is 2. The van der Waals surface area contributed by atoms with Crippen molar-refractivity contribution in [3.05, 3.63) is 223 Å². The van der Waals surface area contributed by atoms with Gasteiger partial charge in [-0.1, -0.05) is 201 Å². The quantitative estimate of drug-likeness (QED) is 0.147.